The molecule has 90 valence electrons. The van der Waals surface area contributed by atoms with Crippen LogP contribution in [-0.4, -0.2) is 18.6 Å². The van der Waals surface area contributed by atoms with Crippen LogP contribution in [0.15, 0.2) is 12.1 Å². The lowest BCUT2D eigenvalue weighted by molar-refractivity contribution is 0.415. The summed E-state index contributed by atoms with van der Waals surface area (Å²) in [7, 11) is 1.65. The highest BCUT2D eigenvalue weighted by Crippen LogP contribution is 2.35. The average Bonchev–Trinajstić information content (AvgIpc) is 2.67. The van der Waals surface area contributed by atoms with E-state index in [1.54, 1.807) is 7.11 Å². The molecule has 0 bridgehead atoms. The van der Waals surface area contributed by atoms with Gasteiger partial charge in [0.25, 0.3) is 0 Å². The molecule has 1 atom stereocenters. The van der Waals surface area contributed by atoms with Crippen LogP contribution in [0.5, 0.6) is 5.75 Å². The van der Waals surface area contributed by atoms with Gasteiger partial charge in [-0.2, -0.15) is 0 Å². The highest BCUT2D eigenvalue weighted by Gasteiger charge is 2.21. The number of rotatable bonds is 1. The van der Waals surface area contributed by atoms with E-state index in [0.717, 1.165) is 24.4 Å². The molecule has 0 saturated heterocycles. The van der Waals surface area contributed by atoms with Gasteiger partial charge in [0.2, 0.25) is 0 Å². The van der Waals surface area contributed by atoms with Crippen molar-refractivity contribution in [1.82, 2.24) is 10.3 Å². The lowest BCUT2D eigenvalue weighted by atomic mass is 9.98. The number of fused-ring (bicyclic) bond motifs is 3. The van der Waals surface area contributed by atoms with E-state index in [4.69, 9.17) is 16.3 Å². The molecule has 0 fully saturated rings. The average molecular weight is 251 g/mol. The fourth-order valence-corrected chi connectivity index (χ4v) is 2.80. The van der Waals surface area contributed by atoms with Crippen molar-refractivity contribution in [3.8, 4) is 5.75 Å². The fourth-order valence-electron chi connectivity index (χ4n) is 2.56. The Balaban J connectivity index is 2.28. The highest BCUT2D eigenvalue weighted by atomic mass is 35.5. The lowest BCUT2D eigenvalue weighted by Crippen LogP contribution is -2.26. The zero-order valence-electron chi connectivity index (χ0n) is 9.93. The highest BCUT2D eigenvalue weighted by molar-refractivity contribution is 6.32. The standard InChI is InChI=1S/C13H15ClN2O/c1-7-5-15-6-9-8-3-12(17-2)10(14)4-11(8)16-13(7)9/h3-4,7,15-16H,5-6H2,1-2H3. The number of H-pyrrole nitrogens is 1. The zero-order chi connectivity index (χ0) is 12.0. The van der Waals surface area contributed by atoms with Crippen molar-refractivity contribution >= 4 is 22.5 Å². The van der Waals surface area contributed by atoms with Gasteiger partial charge in [0, 0.05) is 35.6 Å². The molecule has 1 aliphatic rings. The molecular weight excluding hydrogens is 236 g/mol. The van der Waals surface area contributed by atoms with Crippen molar-refractivity contribution in [2.75, 3.05) is 13.7 Å². The fraction of sp³-hybridized carbons (Fsp3) is 0.385. The summed E-state index contributed by atoms with van der Waals surface area (Å²) in [4.78, 5) is 3.48. The summed E-state index contributed by atoms with van der Waals surface area (Å²) in [6, 6.07) is 3.97. The Labute approximate surface area is 105 Å². The number of halogens is 1. The molecule has 4 heteroatoms. The number of hydrogen-bond donors (Lipinski definition) is 2. The molecule has 0 aliphatic carbocycles. The largest absolute Gasteiger partial charge is 0.495 e. The van der Waals surface area contributed by atoms with E-state index in [0.29, 0.717) is 10.9 Å². The quantitative estimate of drug-likeness (QED) is 0.816. The Morgan fingerprint density at radius 2 is 2.24 bits per heavy atom. The Bertz CT molecular complexity index is 576. The summed E-state index contributed by atoms with van der Waals surface area (Å²) in [5.74, 6) is 1.25. The molecule has 1 aliphatic heterocycles. The molecule has 0 radical (unpaired) electrons. The van der Waals surface area contributed by atoms with Crippen LogP contribution in [-0.2, 0) is 6.54 Å². The molecule has 1 aromatic heterocycles. The molecule has 0 saturated carbocycles. The Morgan fingerprint density at radius 3 is 3.00 bits per heavy atom. The topological polar surface area (TPSA) is 37.0 Å². The molecule has 2 heterocycles. The molecule has 1 aromatic carbocycles. The maximum Gasteiger partial charge on any atom is 0.138 e. The smallest absolute Gasteiger partial charge is 0.138 e. The predicted octanol–water partition coefficient (Wildman–Crippen LogP) is 3.04. The van der Waals surface area contributed by atoms with Gasteiger partial charge in [0.05, 0.1) is 12.1 Å². The van der Waals surface area contributed by atoms with Gasteiger partial charge in [-0.15, -0.1) is 0 Å². The first-order chi connectivity index (χ1) is 8.20. The molecular formula is C13H15ClN2O. The van der Waals surface area contributed by atoms with Crippen LogP contribution in [0.25, 0.3) is 10.9 Å². The minimum absolute atomic E-state index is 0.510. The van der Waals surface area contributed by atoms with E-state index in [9.17, 15) is 0 Å². The number of aromatic nitrogens is 1. The van der Waals surface area contributed by atoms with Crippen molar-refractivity contribution in [3.05, 3.63) is 28.4 Å². The van der Waals surface area contributed by atoms with Gasteiger partial charge in [0.15, 0.2) is 0 Å². The second-order valence-corrected chi connectivity index (χ2v) is 4.99. The van der Waals surface area contributed by atoms with Crippen molar-refractivity contribution in [2.45, 2.75) is 19.4 Å². The first-order valence-electron chi connectivity index (χ1n) is 5.79. The molecule has 0 amide bonds. The monoisotopic (exact) mass is 250 g/mol. The van der Waals surface area contributed by atoms with Crippen molar-refractivity contribution in [1.29, 1.82) is 0 Å². The van der Waals surface area contributed by atoms with Gasteiger partial charge in [0.1, 0.15) is 5.75 Å². The van der Waals surface area contributed by atoms with Crippen molar-refractivity contribution in [3.63, 3.8) is 0 Å². The van der Waals surface area contributed by atoms with Crippen LogP contribution < -0.4 is 10.1 Å². The van der Waals surface area contributed by atoms with Crippen LogP contribution >= 0.6 is 11.6 Å². The minimum atomic E-state index is 0.510. The molecule has 2 aromatic rings. The predicted molar refractivity (Wildman–Crippen MR) is 70.0 cm³/mol. The van der Waals surface area contributed by atoms with Gasteiger partial charge in [-0.05, 0) is 17.7 Å². The zero-order valence-corrected chi connectivity index (χ0v) is 10.7. The molecule has 3 rings (SSSR count). The van der Waals surface area contributed by atoms with Crippen LogP contribution in [0.3, 0.4) is 0 Å². The van der Waals surface area contributed by atoms with E-state index in [1.807, 2.05) is 12.1 Å². The van der Waals surface area contributed by atoms with Crippen molar-refractivity contribution < 1.29 is 4.74 Å². The molecule has 2 N–H and O–H groups in total. The third-order valence-corrected chi connectivity index (χ3v) is 3.75. The van der Waals surface area contributed by atoms with E-state index < -0.39 is 0 Å². The summed E-state index contributed by atoms with van der Waals surface area (Å²) in [5.41, 5.74) is 3.76. The SMILES string of the molecule is COc1cc2c3c([nH]c2cc1Cl)C(C)CNC3. The van der Waals surface area contributed by atoms with Gasteiger partial charge < -0.3 is 15.0 Å². The van der Waals surface area contributed by atoms with Crippen molar-refractivity contribution in [2.24, 2.45) is 0 Å². The van der Waals surface area contributed by atoms with E-state index in [1.165, 1.54) is 16.6 Å². The van der Waals surface area contributed by atoms with E-state index in [-0.39, 0.29) is 0 Å². The normalized spacial score (nSPS) is 19.4. The van der Waals surface area contributed by atoms with Gasteiger partial charge in [-0.25, -0.2) is 0 Å². The molecule has 0 spiro atoms. The molecule has 1 unspecified atom stereocenters. The summed E-state index contributed by atoms with van der Waals surface area (Å²) in [6.45, 7) is 4.15. The minimum Gasteiger partial charge on any atom is -0.495 e. The lowest BCUT2D eigenvalue weighted by Gasteiger charge is -2.19. The molecule has 17 heavy (non-hydrogen) atoms. The number of methoxy groups -OCH3 is 1. The third kappa shape index (κ3) is 1.61. The second-order valence-electron chi connectivity index (χ2n) is 4.58. The van der Waals surface area contributed by atoms with Gasteiger partial charge in [-0.3, -0.25) is 0 Å². The van der Waals surface area contributed by atoms with E-state index >= 15 is 0 Å². The Morgan fingerprint density at radius 1 is 1.41 bits per heavy atom. The van der Waals surface area contributed by atoms with Crippen LogP contribution in [0.4, 0.5) is 0 Å². The number of benzene rings is 1. The van der Waals surface area contributed by atoms with Gasteiger partial charge >= 0.3 is 0 Å². The summed E-state index contributed by atoms with van der Waals surface area (Å²) < 4.78 is 5.27. The number of nitrogens with one attached hydrogen (secondary N) is 2. The van der Waals surface area contributed by atoms with E-state index in [2.05, 4.69) is 17.2 Å². The third-order valence-electron chi connectivity index (χ3n) is 3.46. The van der Waals surface area contributed by atoms with Crippen LogP contribution in [0.1, 0.15) is 24.1 Å². The molecule has 3 nitrogen and oxygen atoms in total. The number of hydrogen-bond acceptors (Lipinski definition) is 2. The van der Waals surface area contributed by atoms with Gasteiger partial charge in [-0.1, -0.05) is 18.5 Å². The summed E-state index contributed by atoms with van der Waals surface area (Å²) in [6.07, 6.45) is 0. The maximum absolute atomic E-state index is 6.14. The number of aromatic amines is 1. The Kier molecular flexibility index (Phi) is 2.53. The first-order valence-corrected chi connectivity index (χ1v) is 6.17. The maximum atomic E-state index is 6.14. The second kappa shape index (κ2) is 3.93. The van der Waals surface area contributed by atoms with Crippen LogP contribution in [0, 0.1) is 0 Å². The first kappa shape index (κ1) is 10.9. The summed E-state index contributed by atoms with van der Waals surface area (Å²) in [5, 5.41) is 5.29. The Hall–Kier alpha value is -1.19. The van der Waals surface area contributed by atoms with Crippen LogP contribution in [0.2, 0.25) is 5.02 Å². The summed E-state index contributed by atoms with van der Waals surface area (Å²) >= 11 is 6.14. The number of ether oxygens (including phenoxy) is 1.